The van der Waals surface area contributed by atoms with Gasteiger partial charge in [-0.3, -0.25) is 14.7 Å². The molecule has 4 rings (SSSR count). The van der Waals surface area contributed by atoms with Crippen molar-refractivity contribution in [2.24, 2.45) is 0 Å². The van der Waals surface area contributed by atoms with E-state index in [0.29, 0.717) is 24.4 Å². The molecule has 0 aliphatic carbocycles. The summed E-state index contributed by atoms with van der Waals surface area (Å²) < 4.78 is 35.4. The summed E-state index contributed by atoms with van der Waals surface area (Å²) in [6.45, 7) is -0.740. The lowest BCUT2D eigenvalue weighted by Gasteiger charge is -2.27. The fourth-order valence-electron chi connectivity index (χ4n) is 3.80. The van der Waals surface area contributed by atoms with E-state index >= 15 is 0 Å². The number of carboxylic acids is 1. The van der Waals surface area contributed by atoms with Crippen LogP contribution in [0.2, 0.25) is 0 Å². The molecule has 8 heteroatoms. The Morgan fingerprint density at radius 2 is 1.88 bits per heavy atom. The number of halogens is 2. The van der Waals surface area contributed by atoms with Crippen molar-refractivity contribution >= 4 is 5.97 Å². The van der Waals surface area contributed by atoms with Crippen LogP contribution in [0.25, 0.3) is 11.3 Å². The Morgan fingerprint density at radius 3 is 2.64 bits per heavy atom. The van der Waals surface area contributed by atoms with Gasteiger partial charge in [-0.15, -0.1) is 0 Å². The van der Waals surface area contributed by atoms with Crippen LogP contribution in [-0.4, -0.2) is 40.7 Å². The lowest BCUT2D eigenvalue weighted by Crippen LogP contribution is -2.32. The number of pyridine rings is 1. The van der Waals surface area contributed by atoms with Crippen LogP contribution in [0.3, 0.4) is 0 Å². The van der Waals surface area contributed by atoms with Gasteiger partial charge in [0.2, 0.25) is 0 Å². The normalized spacial score (nSPS) is 13.5. The third-order valence-corrected chi connectivity index (χ3v) is 5.50. The number of aliphatic carboxylic acids is 1. The number of ether oxygens (including phenoxy) is 2. The summed E-state index contributed by atoms with van der Waals surface area (Å²) in [5.74, 6) is -0.0751. The van der Waals surface area contributed by atoms with E-state index in [9.17, 15) is 13.6 Å². The van der Waals surface area contributed by atoms with Crippen molar-refractivity contribution in [3.8, 4) is 22.8 Å². The van der Waals surface area contributed by atoms with Crippen LogP contribution in [0.5, 0.6) is 11.5 Å². The molecule has 6 nitrogen and oxygen atoms in total. The van der Waals surface area contributed by atoms with Gasteiger partial charge in [0.1, 0.15) is 18.1 Å². The number of fused-ring (bicyclic) bond motifs is 1. The molecule has 0 saturated heterocycles. The minimum absolute atomic E-state index is 0.101. The topological polar surface area (TPSA) is 71.9 Å². The number of benzene rings is 2. The summed E-state index contributed by atoms with van der Waals surface area (Å²) in [6, 6.07) is 18.0. The molecular formula is C25H24F2N2O4. The summed E-state index contributed by atoms with van der Waals surface area (Å²) in [5.41, 5.74) is 4.50. The van der Waals surface area contributed by atoms with Crippen molar-refractivity contribution in [1.29, 1.82) is 0 Å². The molecule has 0 fully saturated rings. The van der Waals surface area contributed by atoms with Crippen molar-refractivity contribution in [2.75, 3.05) is 13.1 Å². The summed E-state index contributed by atoms with van der Waals surface area (Å²) in [7, 11) is 0. The second-order valence-electron chi connectivity index (χ2n) is 7.77. The Hall–Kier alpha value is -3.52. The van der Waals surface area contributed by atoms with E-state index < -0.39 is 12.6 Å². The summed E-state index contributed by atoms with van der Waals surface area (Å²) in [5, 5.41) is 8.88. The van der Waals surface area contributed by atoms with Gasteiger partial charge in [-0.05, 0) is 42.0 Å². The van der Waals surface area contributed by atoms with E-state index in [-0.39, 0.29) is 18.8 Å². The predicted octanol–water partition coefficient (Wildman–Crippen LogP) is 4.76. The van der Waals surface area contributed by atoms with Crippen LogP contribution in [0, 0.1) is 0 Å². The molecule has 3 aromatic rings. The highest BCUT2D eigenvalue weighted by molar-refractivity contribution is 5.66. The third kappa shape index (κ3) is 6.04. The minimum Gasteiger partial charge on any atom is -0.489 e. The van der Waals surface area contributed by atoms with E-state index in [1.807, 2.05) is 30.3 Å². The van der Waals surface area contributed by atoms with E-state index in [1.54, 1.807) is 18.2 Å². The molecule has 1 aromatic heterocycles. The number of hydrogen-bond acceptors (Lipinski definition) is 5. The van der Waals surface area contributed by atoms with E-state index in [2.05, 4.69) is 15.7 Å². The highest BCUT2D eigenvalue weighted by atomic mass is 19.3. The van der Waals surface area contributed by atoms with Crippen molar-refractivity contribution in [3.05, 3.63) is 77.5 Å². The van der Waals surface area contributed by atoms with Gasteiger partial charge in [-0.1, -0.05) is 24.3 Å². The van der Waals surface area contributed by atoms with Gasteiger partial charge in [-0.2, -0.15) is 8.78 Å². The van der Waals surface area contributed by atoms with Crippen LogP contribution in [0.15, 0.2) is 60.7 Å². The Bertz CT molecular complexity index is 1110. The molecule has 1 N–H and O–H groups in total. The van der Waals surface area contributed by atoms with Crippen molar-refractivity contribution < 1.29 is 28.2 Å². The third-order valence-electron chi connectivity index (χ3n) is 5.50. The van der Waals surface area contributed by atoms with Gasteiger partial charge >= 0.3 is 12.6 Å². The maximum absolute atomic E-state index is 12.6. The molecule has 0 unspecified atom stereocenters. The van der Waals surface area contributed by atoms with Crippen LogP contribution in [-0.2, 0) is 24.4 Å². The largest absolute Gasteiger partial charge is 0.489 e. The zero-order chi connectivity index (χ0) is 23.2. The van der Waals surface area contributed by atoms with Crippen LogP contribution < -0.4 is 9.47 Å². The second-order valence-corrected chi connectivity index (χ2v) is 7.77. The molecule has 1 aliphatic heterocycles. The monoisotopic (exact) mass is 454 g/mol. The van der Waals surface area contributed by atoms with Gasteiger partial charge < -0.3 is 14.6 Å². The van der Waals surface area contributed by atoms with Gasteiger partial charge in [0, 0.05) is 42.9 Å². The summed E-state index contributed by atoms with van der Waals surface area (Å²) >= 11 is 0. The standard InChI is InChI=1S/C25H24F2N2O4/c26-25(27)33-23-4-2-1-3-19(23)16-32-20-8-5-17(6-9-20)21-10-7-18-15-29(14-12-24(30)31)13-11-22(18)28-21/h1-10,25H,11-16H2,(H,30,31). The van der Waals surface area contributed by atoms with Crippen LogP contribution in [0.4, 0.5) is 8.78 Å². The maximum atomic E-state index is 12.6. The molecule has 2 heterocycles. The smallest absolute Gasteiger partial charge is 0.387 e. The number of carbonyl (C=O) groups is 1. The molecule has 0 spiro atoms. The molecular weight excluding hydrogens is 430 g/mol. The van der Waals surface area contributed by atoms with E-state index in [1.165, 1.54) is 6.07 Å². The van der Waals surface area contributed by atoms with Crippen molar-refractivity contribution in [1.82, 2.24) is 9.88 Å². The second kappa shape index (κ2) is 10.4. The average molecular weight is 454 g/mol. The molecule has 172 valence electrons. The average Bonchev–Trinajstić information content (AvgIpc) is 2.82. The number of aromatic nitrogens is 1. The summed E-state index contributed by atoms with van der Waals surface area (Å²) in [4.78, 5) is 17.7. The first kappa shape index (κ1) is 22.7. The highest BCUT2D eigenvalue weighted by Gasteiger charge is 2.18. The highest BCUT2D eigenvalue weighted by Crippen LogP contribution is 2.26. The Kier molecular flexibility index (Phi) is 7.14. The first-order chi connectivity index (χ1) is 16.0. The lowest BCUT2D eigenvalue weighted by molar-refractivity contribution is -0.137. The van der Waals surface area contributed by atoms with Gasteiger partial charge in [-0.25, -0.2) is 0 Å². The van der Waals surface area contributed by atoms with Gasteiger partial charge in [0.05, 0.1) is 12.1 Å². The quantitative estimate of drug-likeness (QED) is 0.503. The number of rotatable bonds is 9. The van der Waals surface area contributed by atoms with E-state index in [0.717, 1.165) is 35.5 Å². The summed E-state index contributed by atoms with van der Waals surface area (Å²) in [6.07, 6.45) is 0.921. The Labute approximate surface area is 190 Å². The minimum atomic E-state index is -2.89. The van der Waals surface area contributed by atoms with Crippen LogP contribution in [0.1, 0.15) is 23.2 Å². The van der Waals surface area contributed by atoms with Gasteiger partial charge in [0.25, 0.3) is 0 Å². The zero-order valence-corrected chi connectivity index (χ0v) is 17.9. The molecule has 0 saturated carbocycles. The molecule has 0 bridgehead atoms. The first-order valence-corrected chi connectivity index (χ1v) is 10.7. The zero-order valence-electron chi connectivity index (χ0n) is 17.9. The molecule has 0 amide bonds. The maximum Gasteiger partial charge on any atom is 0.387 e. The molecule has 1 aliphatic rings. The molecule has 0 radical (unpaired) electrons. The Balaban J connectivity index is 1.39. The number of para-hydroxylation sites is 1. The number of hydrogen-bond donors (Lipinski definition) is 1. The van der Waals surface area contributed by atoms with Crippen molar-refractivity contribution in [2.45, 2.75) is 32.6 Å². The van der Waals surface area contributed by atoms with E-state index in [4.69, 9.17) is 14.8 Å². The SMILES string of the molecule is O=C(O)CCN1CCc2nc(-c3ccc(OCc4ccccc4OC(F)F)cc3)ccc2C1. The molecule has 0 atom stereocenters. The lowest BCUT2D eigenvalue weighted by atomic mass is 10.0. The fourth-order valence-corrected chi connectivity index (χ4v) is 3.80. The molecule has 2 aromatic carbocycles. The molecule has 33 heavy (non-hydrogen) atoms. The van der Waals surface area contributed by atoms with Crippen LogP contribution >= 0.6 is 0 Å². The van der Waals surface area contributed by atoms with Crippen molar-refractivity contribution in [3.63, 3.8) is 0 Å². The first-order valence-electron chi connectivity index (χ1n) is 10.7. The van der Waals surface area contributed by atoms with Gasteiger partial charge in [0.15, 0.2) is 0 Å². The number of carboxylic acid groups (broad SMARTS) is 1. The Morgan fingerprint density at radius 1 is 1.09 bits per heavy atom. The predicted molar refractivity (Wildman–Crippen MR) is 118 cm³/mol. The number of nitrogens with zero attached hydrogens (tertiary/aromatic N) is 2. The fraction of sp³-hybridized carbons (Fsp3) is 0.280. The number of alkyl halides is 2.